The molecule has 0 aliphatic carbocycles. The minimum Gasteiger partial charge on any atom is -0.507 e. The highest BCUT2D eigenvalue weighted by atomic mass is 16.6. The van der Waals surface area contributed by atoms with Gasteiger partial charge in [0.25, 0.3) is 17.4 Å². The Labute approximate surface area is 173 Å². The predicted octanol–water partition coefficient (Wildman–Crippen LogP) is 3.83. The van der Waals surface area contributed by atoms with Crippen molar-refractivity contribution < 1.29 is 24.4 Å². The zero-order valence-electron chi connectivity index (χ0n) is 16.7. The van der Waals surface area contributed by atoms with Crippen molar-refractivity contribution in [2.45, 2.75) is 26.3 Å². The van der Waals surface area contributed by atoms with Crippen LogP contribution in [0, 0.1) is 10.1 Å². The van der Waals surface area contributed by atoms with Gasteiger partial charge in [0.05, 0.1) is 23.1 Å². The molecule has 0 spiro atoms. The summed E-state index contributed by atoms with van der Waals surface area (Å²) in [5, 5.41) is 21.8. The number of carbonyl (C=O) groups is 2. The number of hydrogen-bond acceptors (Lipinski definition) is 6. The molecule has 1 aliphatic heterocycles. The lowest BCUT2D eigenvalue weighted by molar-refractivity contribution is -0.384. The summed E-state index contributed by atoms with van der Waals surface area (Å²) >= 11 is 0. The molecule has 8 heteroatoms. The molecule has 2 aromatic carbocycles. The van der Waals surface area contributed by atoms with Crippen molar-refractivity contribution in [2.75, 3.05) is 13.2 Å². The Bertz CT molecular complexity index is 995. The number of benzene rings is 2. The molecular formula is C22H22N2O6. The van der Waals surface area contributed by atoms with Crippen molar-refractivity contribution in [3.8, 4) is 5.75 Å². The number of rotatable bonds is 7. The molecule has 0 aromatic heterocycles. The first kappa shape index (κ1) is 21.0. The van der Waals surface area contributed by atoms with Gasteiger partial charge in [0.1, 0.15) is 11.5 Å². The number of ketones is 1. The lowest BCUT2D eigenvalue weighted by Crippen LogP contribution is -2.30. The molecule has 1 atom stereocenters. The van der Waals surface area contributed by atoms with Crippen molar-refractivity contribution in [1.29, 1.82) is 0 Å². The maximum atomic E-state index is 12.8. The van der Waals surface area contributed by atoms with E-state index in [2.05, 4.69) is 0 Å². The first-order valence-corrected chi connectivity index (χ1v) is 9.65. The van der Waals surface area contributed by atoms with Gasteiger partial charge in [0.15, 0.2) is 0 Å². The van der Waals surface area contributed by atoms with Gasteiger partial charge >= 0.3 is 0 Å². The van der Waals surface area contributed by atoms with Gasteiger partial charge in [-0.3, -0.25) is 19.7 Å². The third-order valence-corrected chi connectivity index (χ3v) is 4.86. The van der Waals surface area contributed by atoms with Crippen molar-refractivity contribution >= 4 is 23.1 Å². The monoisotopic (exact) mass is 410 g/mol. The van der Waals surface area contributed by atoms with Crippen molar-refractivity contribution in [1.82, 2.24) is 4.90 Å². The molecular weight excluding hydrogens is 388 g/mol. The summed E-state index contributed by atoms with van der Waals surface area (Å²) in [5.41, 5.74) is 0.716. The second kappa shape index (κ2) is 8.77. The van der Waals surface area contributed by atoms with E-state index in [-0.39, 0.29) is 22.6 Å². The summed E-state index contributed by atoms with van der Waals surface area (Å²) < 4.78 is 5.45. The summed E-state index contributed by atoms with van der Waals surface area (Å²) in [6, 6.07) is 11.4. The second-order valence-electron chi connectivity index (χ2n) is 6.80. The quantitative estimate of drug-likeness (QED) is 0.244. The zero-order valence-corrected chi connectivity index (χ0v) is 16.7. The molecule has 1 aliphatic rings. The molecule has 8 nitrogen and oxygen atoms in total. The van der Waals surface area contributed by atoms with E-state index in [0.29, 0.717) is 30.9 Å². The smallest absolute Gasteiger partial charge is 0.295 e. The van der Waals surface area contributed by atoms with Gasteiger partial charge in [-0.2, -0.15) is 0 Å². The molecule has 30 heavy (non-hydrogen) atoms. The summed E-state index contributed by atoms with van der Waals surface area (Å²) in [4.78, 5) is 37.2. The molecule has 0 saturated carbocycles. The minimum atomic E-state index is -0.779. The van der Waals surface area contributed by atoms with Crippen LogP contribution in [0.25, 0.3) is 5.76 Å². The summed E-state index contributed by atoms with van der Waals surface area (Å²) in [6.45, 7) is 4.62. The van der Waals surface area contributed by atoms with E-state index in [4.69, 9.17) is 4.74 Å². The Balaban J connectivity index is 2.10. The number of nitro groups is 1. The average molecular weight is 410 g/mol. The highest BCUT2D eigenvalue weighted by Gasteiger charge is 2.45. The van der Waals surface area contributed by atoms with Crippen LogP contribution in [0.5, 0.6) is 5.75 Å². The van der Waals surface area contributed by atoms with E-state index in [1.165, 1.54) is 29.2 Å². The lowest BCUT2D eigenvalue weighted by atomic mass is 9.95. The lowest BCUT2D eigenvalue weighted by Gasteiger charge is -2.25. The van der Waals surface area contributed by atoms with Crippen LogP contribution in [-0.4, -0.2) is 39.8 Å². The molecule has 2 aromatic rings. The third-order valence-electron chi connectivity index (χ3n) is 4.86. The van der Waals surface area contributed by atoms with E-state index < -0.39 is 22.7 Å². The maximum Gasteiger partial charge on any atom is 0.295 e. The van der Waals surface area contributed by atoms with E-state index in [0.717, 1.165) is 0 Å². The molecule has 1 unspecified atom stereocenters. The molecule has 1 saturated heterocycles. The van der Waals surface area contributed by atoms with E-state index in [1.54, 1.807) is 24.3 Å². The highest BCUT2D eigenvalue weighted by molar-refractivity contribution is 6.46. The summed E-state index contributed by atoms with van der Waals surface area (Å²) in [6.07, 6.45) is 0.637. The molecule has 1 N–H and O–H groups in total. The first-order valence-electron chi connectivity index (χ1n) is 9.65. The van der Waals surface area contributed by atoms with Gasteiger partial charge in [-0.1, -0.05) is 19.1 Å². The standard InChI is InChI=1S/C22H22N2O6/c1-3-13-23-19(14-7-11-17(12-8-14)30-4-2)18(21(26)22(23)27)20(25)15-5-9-16(10-6-15)24(28)29/h5-12,19,25H,3-4,13H2,1-2H3/b20-18-. The van der Waals surface area contributed by atoms with Crippen LogP contribution in [0.4, 0.5) is 5.69 Å². The second-order valence-corrected chi connectivity index (χ2v) is 6.80. The van der Waals surface area contributed by atoms with E-state index >= 15 is 0 Å². The van der Waals surface area contributed by atoms with Crippen molar-refractivity contribution in [3.05, 3.63) is 75.3 Å². The Morgan fingerprint density at radius 2 is 1.73 bits per heavy atom. The third kappa shape index (κ3) is 3.89. The fraction of sp³-hybridized carbons (Fsp3) is 0.273. The molecule has 1 amide bonds. The Morgan fingerprint density at radius 1 is 1.10 bits per heavy atom. The predicted molar refractivity (Wildman–Crippen MR) is 110 cm³/mol. The number of ether oxygens (including phenoxy) is 1. The summed E-state index contributed by atoms with van der Waals surface area (Å²) in [5.74, 6) is -1.16. The fourth-order valence-corrected chi connectivity index (χ4v) is 3.51. The minimum absolute atomic E-state index is 0.0357. The van der Waals surface area contributed by atoms with Gasteiger partial charge in [-0.25, -0.2) is 0 Å². The number of hydrogen-bond donors (Lipinski definition) is 1. The number of non-ortho nitro benzene ring substituents is 1. The van der Waals surface area contributed by atoms with Crippen molar-refractivity contribution in [3.63, 3.8) is 0 Å². The fourth-order valence-electron chi connectivity index (χ4n) is 3.51. The van der Waals surface area contributed by atoms with Gasteiger partial charge in [-0.05, 0) is 43.2 Å². The number of aliphatic hydroxyl groups is 1. The number of nitro benzene ring substituents is 1. The number of likely N-dealkylation sites (tertiary alicyclic amines) is 1. The van der Waals surface area contributed by atoms with E-state index in [1.807, 2.05) is 13.8 Å². The number of nitrogens with zero attached hydrogens (tertiary/aromatic N) is 2. The maximum absolute atomic E-state index is 12.8. The number of amides is 1. The number of carbonyl (C=O) groups excluding carboxylic acids is 2. The Morgan fingerprint density at radius 3 is 2.27 bits per heavy atom. The van der Waals surface area contributed by atoms with E-state index in [9.17, 15) is 24.8 Å². The summed E-state index contributed by atoms with van der Waals surface area (Å²) in [7, 11) is 0. The SMILES string of the molecule is CCCN1C(=O)C(=O)/C(=C(\O)c2ccc([N+](=O)[O-])cc2)C1c1ccc(OCC)cc1. The molecule has 1 fully saturated rings. The topological polar surface area (TPSA) is 110 Å². The zero-order chi connectivity index (χ0) is 21.8. The molecule has 0 radical (unpaired) electrons. The van der Waals surface area contributed by atoms with Crippen LogP contribution in [0.1, 0.15) is 37.4 Å². The molecule has 156 valence electrons. The molecule has 1 heterocycles. The normalized spacial score (nSPS) is 17.9. The Kier molecular flexibility index (Phi) is 6.15. The van der Waals surface area contributed by atoms with Crippen LogP contribution >= 0.6 is 0 Å². The average Bonchev–Trinajstić information content (AvgIpc) is 2.99. The van der Waals surface area contributed by atoms with Gasteiger partial charge in [0.2, 0.25) is 0 Å². The largest absolute Gasteiger partial charge is 0.507 e. The van der Waals surface area contributed by atoms with Crippen LogP contribution in [0.2, 0.25) is 0 Å². The van der Waals surface area contributed by atoms with Gasteiger partial charge < -0.3 is 14.7 Å². The van der Waals surface area contributed by atoms with Crippen LogP contribution in [-0.2, 0) is 9.59 Å². The highest BCUT2D eigenvalue weighted by Crippen LogP contribution is 2.40. The Hall–Kier alpha value is -3.68. The van der Waals surface area contributed by atoms with Crippen LogP contribution < -0.4 is 4.74 Å². The van der Waals surface area contributed by atoms with Crippen LogP contribution in [0.15, 0.2) is 54.1 Å². The first-order chi connectivity index (χ1) is 14.4. The van der Waals surface area contributed by atoms with Crippen LogP contribution in [0.3, 0.4) is 0 Å². The number of Topliss-reactive ketones (excluding diaryl/α,β-unsaturated/α-hetero) is 1. The van der Waals surface area contributed by atoms with Crippen molar-refractivity contribution in [2.24, 2.45) is 0 Å². The molecule has 3 rings (SSSR count). The van der Waals surface area contributed by atoms with Gasteiger partial charge in [-0.15, -0.1) is 0 Å². The molecule has 0 bridgehead atoms. The number of aliphatic hydroxyl groups excluding tert-OH is 1. The van der Waals surface area contributed by atoms with Gasteiger partial charge in [0, 0.05) is 24.2 Å².